The molecule has 40 heavy (non-hydrogen) atoms. The van der Waals surface area contributed by atoms with Crippen LogP contribution >= 0.6 is 0 Å². The zero-order valence-electron chi connectivity index (χ0n) is 22.8. The summed E-state index contributed by atoms with van der Waals surface area (Å²) in [5, 5.41) is 4.11. The molecule has 0 radical (unpaired) electrons. The van der Waals surface area contributed by atoms with Crippen LogP contribution < -0.4 is 19.7 Å². The summed E-state index contributed by atoms with van der Waals surface area (Å²) >= 11 is 0. The summed E-state index contributed by atoms with van der Waals surface area (Å²) in [6.45, 7) is 0. The van der Waals surface area contributed by atoms with Gasteiger partial charge in [-0.05, 0) is 60.4 Å². The van der Waals surface area contributed by atoms with Crippen LogP contribution in [0.2, 0.25) is 0 Å². The Morgan fingerprint density at radius 3 is 2.50 bits per heavy atom. The number of carbonyl (C=O) groups excluding carboxylic acids is 2. The normalized spacial score (nSPS) is 14.5. The first-order valence-corrected chi connectivity index (χ1v) is 13.6. The maximum absolute atomic E-state index is 14.6. The van der Waals surface area contributed by atoms with E-state index in [2.05, 4.69) is 10.3 Å². The Bertz CT molecular complexity index is 1490. The lowest BCUT2D eigenvalue weighted by atomic mass is 9.94. The third-order valence-corrected chi connectivity index (χ3v) is 7.55. The first-order chi connectivity index (χ1) is 19.5. The number of hydrogen-bond acceptors (Lipinski definition) is 4. The van der Waals surface area contributed by atoms with E-state index >= 15 is 0 Å². The van der Waals surface area contributed by atoms with E-state index in [1.165, 1.54) is 31.3 Å². The highest BCUT2D eigenvalue weighted by Crippen LogP contribution is 2.35. The molecule has 0 spiro atoms. The van der Waals surface area contributed by atoms with Gasteiger partial charge < -0.3 is 19.8 Å². The molecule has 7 nitrogen and oxygen atoms in total. The number of benzene rings is 3. The van der Waals surface area contributed by atoms with E-state index in [1.807, 2.05) is 24.3 Å². The molecule has 1 heterocycles. The van der Waals surface area contributed by atoms with Crippen molar-refractivity contribution in [1.82, 2.24) is 10.3 Å². The molecule has 1 aliphatic rings. The summed E-state index contributed by atoms with van der Waals surface area (Å²) in [4.78, 5) is 32.9. The summed E-state index contributed by atoms with van der Waals surface area (Å²) in [5.74, 6) is -0.232. The fourth-order valence-corrected chi connectivity index (χ4v) is 5.56. The summed E-state index contributed by atoms with van der Waals surface area (Å²) in [5.41, 5.74) is 2.53. The first-order valence-electron chi connectivity index (χ1n) is 13.6. The molecule has 1 atom stereocenters. The van der Waals surface area contributed by atoms with Crippen LogP contribution in [0.5, 0.6) is 11.5 Å². The summed E-state index contributed by atoms with van der Waals surface area (Å²) < 4.78 is 25.5. The number of H-pyrrole nitrogens is 1. The van der Waals surface area contributed by atoms with Crippen LogP contribution in [0.1, 0.15) is 49.3 Å². The number of aromatic amines is 1. The van der Waals surface area contributed by atoms with Gasteiger partial charge in [-0.3, -0.25) is 14.5 Å². The van der Waals surface area contributed by atoms with E-state index in [4.69, 9.17) is 9.47 Å². The van der Waals surface area contributed by atoms with Gasteiger partial charge in [-0.15, -0.1) is 0 Å². The van der Waals surface area contributed by atoms with Gasteiger partial charge in [-0.25, -0.2) is 4.39 Å². The molecule has 208 valence electrons. The van der Waals surface area contributed by atoms with Crippen molar-refractivity contribution in [2.45, 2.75) is 50.6 Å². The van der Waals surface area contributed by atoms with Gasteiger partial charge in [0.2, 0.25) is 11.8 Å². The number of carbonyl (C=O) groups is 2. The molecule has 0 aliphatic heterocycles. The van der Waals surface area contributed by atoms with Crippen molar-refractivity contribution in [1.29, 1.82) is 0 Å². The number of anilines is 1. The highest BCUT2D eigenvalue weighted by molar-refractivity contribution is 6.03. The Morgan fingerprint density at radius 1 is 0.975 bits per heavy atom. The summed E-state index contributed by atoms with van der Waals surface area (Å²) in [7, 11) is 3.06. The van der Waals surface area contributed by atoms with E-state index < -0.39 is 11.9 Å². The first kappa shape index (κ1) is 27.2. The van der Waals surface area contributed by atoms with Crippen molar-refractivity contribution in [2.24, 2.45) is 0 Å². The van der Waals surface area contributed by atoms with E-state index in [9.17, 15) is 14.0 Å². The maximum Gasteiger partial charge on any atom is 0.248 e. The standard InChI is InChI=1S/C32H34FN3O4/c1-39-28-16-15-21(17-29(28)40-2)31(32(38)35-24-10-4-3-5-11-24)36(25-12-8-9-23(33)19-25)30(37)18-22-20-34-27-14-7-6-13-26(22)27/h6-9,12-17,19-20,24,31,34H,3-5,10-11,18H2,1-2H3,(H,35,38)/t31-/m0/s1. The van der Waals surface area contributed by atoms with E-state index in [0.717, 1.165) is 48.6 Å². The van der Waals surface area contributed by atoms with Crippen molar-refractivity contribution in [3.63, 3.8) is 0 Å². The molecule has 1 aromatic heterocycles. The lowest BCUT2D eigenvalue weighted by molar-refractivity contribution is -0.127. The second kappa shape index (κ2) is 12.2. The van der Waals surface area contributed by atoms with Crippen LogP contribution in [0.3, 0.4) is 0 Å². The molecule has 1 fully saturated rings. The molecular formula is C32H34FN3O4. The summed E-state index contributed by atoms with van der Waals surface area (Å²) in [6.07, 6.45) is 6.81. The number of amides is 2. The van der Waals surface area contributed by atoms with E-state index in [1.54, 1.807) is 36.5 Å². The highest BCUT2D eigenvalue weighted by Gasteiger charge is 2.35. The number of aromatic nitrogens is 1. The largest absolute Gasteiger partial charge is 0.493 e. The predicted octanol–water partition coefficient (Wildman–Crippen LogP) is 6.09. The Labute approximate surface area is 233 Å². The van der Waals surface area contributed by atoms with Crippen LogP contribution in [0.15, 0.2) is 72.9 Å². The number of fused-ring (bicyclic) bond motifs is 1. The highest BCUT2D eigenvalue weighted by atomic mass is 19.1. The number of rotatable bonds is 9. The second-order valence-corrected chi connectivity index (χ2v) is 10.1. The van der Waals surface area contributed by atoms with Crippen molar-refractivity contribution >= 4 is 28.4 Å². The van der Waals surface area contributed by atoms with E-state index in [0.29, 0.717) is 22.7 Å². The Balaban J connectivity index is 1.60. The molecule has 0 saturated heterocycles. The third-order valence-electron chi connectivity index (χ3n) is 7.55. The van der Waals surface area contributed by atoms with Gasteiger partial charge in [-0.2, -0.15) is 0 Å². The van der Waals surface area contributed by atoms with Gasteiger partial charge in [0.25, 0.3) is 0 Å². The van der Waals surface area contributed by atoms with Gasteiger partial charge >= 0.3 is 0 Å². The van der Waals surface area contributed by atoms with Crippen LogP contribution in [-0.4, -0.2) is 37.1 Å². The predicted molar refractivity (Wildman–Crippen MR) is 153 cm³/mol. The lowest BCUT2D eigenvalue weighted by Gasteiger charge is -2.34. The zero-order chi connectivity index (χ0) is 28.1. The van der Waals surface area contributed by atoms with Crippen molar-refractivity contribution < 1.29 is 23.5 Å². The quantitative estimate of drug-likeness (QED) is 0.268. The molecular weight excluding hydrogens is 509 g/mol. The zero-order valence-corrected chi connectivity index (χ0v) is 22.8. The number of nitrogens with one attached hydrogen (secondary N) is 2. The average molecular weight is 544 g/mol. The minimum atomic E-state index is -1.07. The van der Waals surface area contributed by atoms with Gasteiger partial charge in [0.1, 0.15) is 11.9 Å². The van der Waals surface area contributed by atoms with Crippen molar-refractivity contribution in [3.8, 4) is 11.5 Å². The van der Waals surface area contributed by atoms with Crippen molar-refractivity contribution in [3.05, 3.63) is 89.9 Å². The van der Waals surface area contributed by atoms with Gasteiger partial charge in [-0.1, -0.05) is 49.6 Å². The SMILES string of the molecule is COc1ccc([C@@H](C(=O)NC2CCCCC2)N(C(=O)Cc2c[nH]c3ccccc23)c2cccc(F)c2)cc1OC. The van der Waals surface area contributed by atoms with Gasteiger partial charge in [0, 0.05) is 28.8 Å². The Kier molecular flexibility index (Phi) is 8.34. The molecule has 1 saturated carbocycles. The molecule has 3 aromatic carbocycles. The molecule has 2 amide bonds. The Hall–Kier alpha value is -4.33. The average Bonchev–Trinajstić information content (AvgIpc) is 3.38. The van der Waals surface area contributed by atoms with Gasteiger partial charge in [0.05, 0.1) is 20.6 Å². The van der Waals surface area contributed by atoms with Crippen LogP contribution in [0, 0.1) is 5.82 Å². The fourth-order valence-electron chi connectivity index (χ4n) is 5.56. The van der Waals surface area contributed by atoms with E-state index in [-0.39, 0.29) is 24.3 Å². The second-order valence-electron chi connectivity index (χ2n) is 10.1. The summed E-state index contributed by atoms with van der Waals surface area (Å²) in [6, 6.07) is 17.6. The number of ether oxygens (including phenoxy) is 2. The smallest absolute Gasteiger partial charge is 0.248 e. The fraction of sp³-hybridized carbons (Fsp3) is 0.312. The van der Waals surface area contributed by atoms with Crippen LogP contribution in [0.25, 0.3) is 10.9 Å². The number of para-hydroxylation sites is 1. The monoisotopic (exact) mass is 543 g/mol. The maximum atomic E-state index is 14.6. The number of hydrogen-bond donors (Lipinski definition) is 2. The topological polar surface area (TPSA) is 83.7 Å². The van der Waals surface area contributed by atoms with Crippen molar-refractivity contribution in [2.75, 3.05) is 19.1 Å². The number of methoxy groups -OCH3 is 2. The molecule has 0 bridgehead atoms. The molecule has 2 N–H and O–H groups in total. The van der Waals surface area contributed by atoms with Crippen LogP contribution in [0.4, 0.5) is 10.1 Å². The molecule has 8 heteroatoms. The molecule has 0 unspecified atom stereocenters. The minimum Gasteiger partial charge on any atom is -0.493 e. The lowest BCUT2D eigenvalue weighted by Crippen LogP contribution is -2.47. The molecule has 5 rings (SSSR count). The van der Waals surface area contributed by atoms with Crippen LogP contribution in [-0.2, 0) is 16.0 Å². The number of nitrogens with zero attached hydrogens (tertiary/aromatic N) is 1. The minimum absolute atomic E-state index is 0.0149. The third kappa shape index (κ3) is 5.81. The molecule has 4 aromatic rings. The van der Waals surface area contributed by atoms with Gasteiger partial charge in [0.15, 0.2) is 11.5 Å². The Morgan fingerprint density at radius 2 is 1.75 bits per heavy atom. The molecule has 1 aliphatic carbocycles. The number of halogens is 1.